The highest BCUT2D eigenvalue weighted by atomic mass is 15.1. The number of nitrogens with one attached hydrogen (secondary N) is 1. The van der Waals surface area contributed by atoms with Gasteiger partial charge in [-0.3, -0.25) is 0 Å². The number of rotatable bonds is 7. The summed E-state index contributed by atoms with van der Waals surface area (Å²) in [6.45, 7) is 9.54. The SMILES string of the molecule is CCCC(C)N(C)CC1(CNC)CCCC(C)C1. The van der Waals surface area contributed by atoms with E-state index in [0.29, 0.717) is 5.41 Å². The molecular formula is C16H34N2. The summed E-state index contributed by atoms with van der Waals surface area (Å²) >= 11 is 0. The highest BCUT2D eigenvalue weighted by molar-refractivity contribution is 4.89. The molecule has 0 saturated heterocycles. The Morgan fingerprint density at radius 2 is 2.17 bits per heavy atom. The van der Waals surface area contributed by atoms with E-state index in [-0.39, 0.29) is 0 Å². The Morgan fingerprint density at radius 3 is 2.72 bits per heavy atom. The smallest absolute Gasteiger partial charge is 0.00640 e. The third kappa shape index (κ3) is 4.55. The minimum absolute atomic E-state index is 0.517. The van der Waals surface area contributed by atoms with Crippen LogP contribution in [0.15, 0.2) is 0 Å². The maximum Gasteiger partial charge on any atom is 0.00640 e. The van der Waals surface area contributed by atoms with Crippen LogP contribution in [0.4, 0.5) is 0 Å². The fraction of sp³-hybridized carbons (Fsp3) is 1.00. The van der Waals surface area contributed by atoms with E-state index in [1.807, 2.05) is 0 Å². The molecule has 18 heavy (non-hydrogen) atoms. The van der Waals surface area contributed by atoms with Gasteiger partial charge in [-0.15, -0.1) is 0 Å². The summed E-state index contributed by atoms with van der Waals surface area (Å²) in [4.78, 5) is 2.60. The lowest BCUT2D eigenvalue weighted by Crippen LogP contribution is -2.47. The molecule has 0 spiro atoms. The van der Waals surface area contributed by atoms with Crippen molar-refractivity contribution in [3.05, 3.63) is 0 Å². The highest BCUT2D eigenvalue weighted by Gasteiger charge is 2.35. The van der Waals surface area contributed by atoms with Gasteiger partial charge >= 0.3 is 0 Å². The van der Waals surface area contributed by atoms with Crippen molar-refractivity contribution in [2.75, 3.05) is 27.2 Å². The molecule has 108 valence electrons. The van der Waals surface area contributed by atoms with Gasteiger partial charge in [0.15, 0.2) is 0 Å². The molecule has 1 saturated carbocycles. The van der Waals surface area contributed by atoms with Gasteiger partial charge in [-0.25, -0.2) is 0 Å². The van der Waals surface area contributed by atoms with Crippen molar-refractivity contribution in [3.63, 3.8) is 0 Å². The number of nitrogens with zero attached hydrogens (tertiary/aromatic N) is 1. The van der Waals surface area contributed by atoms with Crippen LogP contribution >= 0.6 is 0 Å². The Bertz CT molecular complexity index is 225. The third-order valence-electron chi connectivity index (χ3n) is 4.78. The van der Waals surface area contributed by atoms with E-state index in [0.717, 1.165) is 12.0 Å². The van der Waals surface area contributed by atoms with E-state index < -0.39 is 0 Å². The van der Waals surface area contributed by atoms with Crippen molar-refractivity contribution in [1.29, 1.82) is 0 Å². The first kappa shape index (κ1) is 16.0. The molecule has 1 aliphatic carbocycles. The fourth-order valence-electron chi connectivity index (χ4n) is 3.83. The molecule has 0 aromatic rings. The molecule has 0 amide bonds. The van der Waals surface area contributed by atoms with Crippen LogP contribution in [0.5, 0.6) is 0 Å². The third-order valence-corrected chi connectivity index (χ3v) is 4.78. The summed E-state index contributed by atoms with van der Waals surface area (Å²) in [5.74, 6) is 0.905. The average Bonchev–Trinajstić information content (AvgIpc) is 2.29. The van der Waals surface area contributed by atoms with E-state index >= 15 is 0 Å². The lowest BCUT2D eigenvalue weighted by molar-refractivity contribution is 0.0756. The zero-order valence-electron chi connectivity index (χ0n) is 13.3. The molecule has 1 fully saturated rings. The van der Waals surface area contributed by atoms with E-state index in [1.54, 1.807) is 0 Å². The van der Waals surface area contributed by atoms with Gasteiger partial charge in [0.2, 0.25) is 0 Å². The second-order valence-corrected chi connectivity index (χ2v) is 6.78. The first-order chi connectivity index (χ1) is 8.53. The van der Waals surface area contributed by atoms with Crippen LogP contribution in [0.2, 0.25) is 0 Å². The minimum atomic E-state index is 0.517. The predicted octanol–water partition coefficient (Wildman–Crippen LogP) is 3.52. The Morgan fingerprint density at radius 1 is 1.44 bits per heavy atom. The van der Waals surface area contributed by atoms with Crippen LogP contribution in [0.1, 0.15) is 59.3 Å². The van der Waals surface area contributed by atoms with Crippen molar-refractivity contribution in [1.82, 2.24) is 10.2 Å². The zero-order chi connectivity index (χ0) is 13.6. The molecule has 1 rings (SSSR count). The van der Waals surface area contributed by atoms with Crippen LogP contribution in [-0.4, -0.2) is 38.1 Å². The van der Waals surface area contributed by atoms with Gasteiger partial charge in [0.25, 0.3) is 0 Å². The summed E-state index contributed by atoms with van der Waals surface area (Å²) in [7, 11) is 4.42. The average molecular weight is 254 g/mol. The monoisotopic (exact) mass is 254 g/mol. The van der Waals surface area contributed by atoms with Gasteiger partial charge in [0.05, 0.1) is 0 Å². The molecular weight excluding hydrogens is 220 g/mol. The Balaban J connectivity index is 2.61. The molecule has 1 N–H and O–H groups in total. The van der Waals surface area contributed by atoms with Gasteiger partial charge in [-0.05, 0) is 51.6 Å². The van der Waals surface area contributed by atoms with Crippen molar-refractivity contribution >= 4 is 0 Å². The summed E-state index contributed by atoms with van der Waals surface area (Å²) in [6, 6.07) is 0.723. The summed E-state index contributed by atoms with van der Waals surface area (Å²) in [5, 5.41) is 3.45. The molecule has 2 nitrogen and oxygen atoms in total. The molecule has 3 unspecified atom stereocenters. The van der Waals surface area contributed by atoms with E-state index in [4.69, 9.17) is 0 Å². The Labute approximate surface area is 115 Å². The first-order valence-corrected chi connectivity index (χ1v) is 7.88. The van der Waals surface area contributed by atoms with Crippen LogP contribution in [0, 0.1) is 11.3 Å². The minimum Gasteiger partial charge on any atom is -0.319 e. The maximum absolute atomic E-state index is 3.45. The number of hydrogen-bond acceptors (Lipinski definition) is 2. The molecule has 2 heteroatoms. The van der Waals surface area contributed by atoms with Gasteiger partial charge < -0.3 is 10.2 Å². The van der Waals surface area contributed by atoms with E-state index in [2.05, 4.69) is 45.1 Å². The normalized spacial score (nSPS) is 30.7. The lowest BCUT2D eigenvalue weighted by Gasteiger charge is -2.44. The van der Waals surface area contributed by atoms with Gasteiger partial charge in [0, 0.05) is 19.1 Å². The quantitative estimate of drug-likeness (QED) is 0.748. The van der Waals surface area contributed by atoms with Gasteiger partial charge in [-0.1, -0.05) is 33.1 Å². The first-order valence-electron chi connectivity index (χ1n) is 7.88. The summed E-state index contributed by atoms with van der Waals surface area (Å²) < 4.78 is 0. The summed E-state index contributed by atoms with van der Waals surface area (Å²) in [5.41, 5.74) is 0.517. The molecule has 0 aromatic carbocycles. The maximum atomic E-state index is 3.45. The molecule has 1 aliphatic rings. The topological polar surface area (TPSA) is 15.3 Å². The second-order valence-electron chi connectivity index (χ2n) is 6.78. The molecule has 0 aromatic heterocycles. The van der Waals surface area contributed by atoms with Crippen LogP contribution in [0.3, 0.4) is 0 Å². The highest BCUT2D eigenvalue weighted by Crippen LogP contribution is 2.39. The van der Waals surface area contributed by atoms with E-state index in [1.165, 1.54) is 51.6 Å². The fourth-order valence-corrected chi connectivity index (χ4v) is 3.83. The van der Waals surface area contributed by atoms with E-state index in [9.17, 15) is 0 Å². The molecule has 0 heterocycles. The van der Waals surface area contributed by atoms with Crippen molar-refractivity contribution < 1.29 is 0 Å². The van der Waals surface area contributed by atoms with Crippen LogP contribution in [-0.2, 0) is 0 Å². The van der Waals surface area contributed by atoms with Crippen LogP contribution < -0.4 is 5.32 Å². The molecule has 0 bridgehead atoms. The lowest BCUT2D eigenvalue weighted by atomic mass is 9.69. The second kappa shape index (κ2) is 7.49. The predicted molar refractivity (Wildman–Crippen MR) is 81.0 cm³/mol. The molecule has 0 radical (unpaired) electrons. The standard InChI is InChI=1S/C16H34N2/c1-6-8-15(3)18(5)13-16(12-17-4)10-7-9-14(2)11-16/h14-15,17H,6-13H2,1-5H3. The Kier molecular flexibility index (Phi) is 6.65. The Hall–Kier alpha value is -0.0800. The summed E-state index contributed by atoms with van der Waals surface area (Å²) in [6.07, 6.45) is 8.26. The van der Waals surface area contributed by atoms with Crippen molar-refractivity contribution in [2.24, 2.45) is 11.3 Å². The van der Waals surface area contributed by atoms with Crippen LogP contribution in [0.25, 0.3) is 0 Å². The van der Waals surface area contributed by atoms with Gasteiger partial charge in [0.1, 0.15) is 0 Å². The van der Waals surface area contributed by atoms with Crippen molar-refractivity contribution in [3.8, 4) is 0 Å². The molecule has 0 aliphatic heterocycles. The number of hydrogen-bond donors (Lipinski definition) is 1. The zero-order valence-corrected chi connectivity index (χ0v) is 13.3. The van der Waals surface area contributed by atoms with Gasteiger partial charge in [-0.2, -0.15) is 0 Å². The molecule has 3 atom stereocenters. The largest absolute Gasteiger partial charge is 0.319 e. The van der Waals surface area contributed by atoms with Crippen molar-refractivity contribution in [2.45, 2.75) is 65.3 Å².